The van der Waals surface area contributed by atoms with Gasteiger partial charge in [-0.25, -0.2) is 0 Å². The summed E-state index contributed by atoms with van der Waals surface area (Å²) in [7, 11) is 0. The van der Waals surface area contributed by atoms with Crippen LogP contribution in [0.4, 0.5) is 5.95 Å². The molecule has 3 heterocycles. The minimum Gasteiger partial charge on any atom is -0.401 e. The van der Waals surface area contributed by atoms with Crippen molar-refractivity contribution in [2.24, 2.45) is 5.73 Å². The van der Waals surface area contributed by atoms with Gasteiger partial charge in [0.2, 0.25) is 5.95 Å². The third kappa shape index (κ3) is 4.80. The number of carbonyl (C=O) groups excluding carboxylic acids is 1. The molecule has 0 aliphatic carbocycles. The number of nitrogens with two attached hydrogens (primary N) is 1. The highest BCUT2D eigenvalue weighted by molar-refractivity contribution is 7.99. The molecule has 1 atom stereocenters. The molecule has 0 spiro atoms. The van der Waals surface area contributed by atoms with Gasteiger partial charge >= 0.3 is 0 Å². The molecule has 2 aliphatic heterocycles. The lowest BCUT2D eigenvalue weighted by molar-refractivity contribution is -0.112. The summed E-state index contributed by atoms with van der Waals surface area (Å²) in [6, 6.07) is 1.87. The zero-order chi connectivity index (χ0) is 19.2. The molecule has 2 N–H and O–H groups in total. The highest BCUT2D eigenvalue weighted by atomic mass is 32.2. The number of anilines is 1. The van der Waals surface area contributed by atoms with Crippen LogP contribution in [0.25, 0.3) is 0 Å². The number of ketones is 1. The van der Waals surface area contributed by atoms with Gasteiger partial charge in [0.15, 0.2) is 10.9 Å². The van der Waals surface area contributed by atoms with Gasteiger partial charge in [-0.1, -0.05) is 11.8 Å². The molecule has 1 aromatic heterocycles. The van der Waals surface area contributed by atoms with E-state index in [1.165, 1.54) is 11.8 Å². The molecule has 0 amide bonds. The molecule has 9 nitrogen and oxygen atoms in total. The number of rotatable bonds is 7. The number of nitriles is 1. The van der Waals surface area contributed by atoms with E-state index in [1.807, 2.05) is 10.6 Å². The monoisotopic (exact) mass is 392 g/mol. The standard InChI is InChI=1S/C17H24N6O3S/c1-12(19)14(9-18)15(24)11-27-17-21-20-16(22-4-7-25-8-5-22)23(17)10-13-3-2-6-26-13/h13H,2-8,10-11,19H2,1H3/b14-12+. The van der Waals surface area contributed by atoms with Gasteiger partial charge in [0.05, 0.1) is 31.6 Å². The van der Waals surface area contributed by atoms with Gasteiger partial charge in [0.1, 0.15) is 11.6 Å². The number of aromatic nitrogens is 3. The van der Waals surface area contributed by atoms with Crippen LogP contribution in [-0.2, 0) is 20.8 Å². The summed E-state index contributed by atoms with van der Waals surface area (Å²) in [5, 5.41) is 18.4. The van der Waals surface area contributed by atoms with Crippen molar-refractivity contribution in [3.63, 3.8) is 0 Å². The quantitative estimate of drug-likeness (QED) is 0.406. The zero-order valence-corrected chi connectivity index (χ0v) is 16.2. The van der Waals surface area contributed by atoms with Gasteiger partial charge in [-0.15, -0.1) is 10.2 Å². The molecule has 0 bridgehead atoms. The first-order valence-corrected chi connectivity index (χ1v) is 9.98. The lowest BCUT2D eigenvalue weighted by Gasteiger charge is -2.28. The average molecular weight is 392 g/mol. The van der Waals surface area contributed by atoms with Gasteiger partial charge in [-0.2, -0.15) is 5.26 Å². The summed E-state index contributed by atoms with van der Waals surface area (Å²) < 4.78 is 13.2. The van der Waals surface area contributed by atoms with Crippen molar-refractivity contribution < 1.29 is 14.3 Å². The smallest absolute Gasteiger partial charge is 0.228 e. The summed E-state index contributed by atoms with van der Waals surface area (Å²) >= 11 is 1.27. The van der Waals surface area contributed by atoms with Gasteiger partial charge in [-0.05, 0) is 19.8 Å². The first-order valence-electron chi connectivity index (χ1n) is 9.00. The fourth-order valence-corrected chi connectivity index (χ4v) is 3.92. The van der Waals surface area contributed by atoms with Crippen molar-refractivity contribution in [2.45, 2.75) is 37.6 Å². The minimum atomic E-state index is -0.304. The molecule has 2 fully saturated rings. The first kappa shape index (κ1) is 19.7. The number of nitrogens with zero attached hydrogens (tertiary/aromatic N) is 5. The van der Waals surface area contributed by atoms with Crippen molar-refractivity contribution in [1.29, 1.82) is 5.26 Å². The molecule has 10 heteroatoms. The maximum Gasteiger partial charge on any atom is 0.228 e. The molecule has 0 aromatic carbocycles. The molecule has 2 saturated heterocycles. The SMILES string of the molecule is C/C(N)=C(/C#N)C(=O)CSc1nnc(N2CCOCC2)n1CC1CCCO1. The lowest BCUT2D eigenvalue weighted by atomic mass is 10.2. The maximum absolute atomic E-state index is 12.3. The summed E-state index contributed by atoms with van der Waals surface area (Å²) in [6.45, 7) is 5.78. The molecule has 3 rings (SSSR count). The number of hydrogen-bond acceptors (Lipinski definition) is 9. The Bertz CT molecular complexity index is 740. The molecule has 146 valence electrons. The van der Waals surface area contributed by atoms with E-state index in [9.17, 15) is 4.79 Å². The van der Waals surface area contributed by atoms with Crippen molar-refractivity contribution in [3.05, 3.63) is 11.3 Å². The van der Waals surface area contributed by atoms with Crippen molar-refractivity contribution >= 4 is 23.5 Å². The predicted octanol–water partition coefficient (Wildman–Crippen LogP) is 0.711. The second kappa shape index (κ2) is 9.21. The fraction of sp³-hybridized carbons (Fsp3) is 0.647. The van der Waals surface area contributed by atoms with Crippen molar-refractivity contribution in [3.8, 4) is 6.07 Å². The Morgan fingerprint density at radius 2 is 2.15 bits per heavy atom. The van der Waals surface area contributed by atoms with Crippen LogP contribution in [-0.4, -0.2) is 65.3 Å². The molecular weight excluding hydrogens is 368 g/mol. The summed E-state index contributed by atoms with van der Waals surface area (Å²) in [6.07, 6.45) is 2.17. The Morgan fingerprint density at radius 1 is 1.37 bits per heavy atom. The first-order chi connectivity index (χ1) is 13.1. The number of morpholine rings is 1. The number of carbonyl (C=O) groups is 1. The predicted molar refractivity (Wildman–Crippen MR) is 100 cm³/mol. The highest BCUT2D eigenvalue weighted by Crippen LogP contribution is 2.26. The third-order valence-electron chi connectivity index (χ3n) is 4.52. The number of ether oxygens (including phenoxy) is 2. The zero-order valence-electron chi connectivity index (χ0n) is 15.4. The van der Waals surface area contributed by atoms with Gasteiger partial charge in [-0.3, -0.25) is 9.36 Å². The van der Waals surface area contributed by atoms with E-state index in [2.05, 4.69) is 15.1 Å². The van der Waals surface area contributed by atoms with Crippen molar-refractivity contribution in [1.82, 2.24) is 14.8 Å². The molecule has 27 heavy (non-hydrogen) atoms. The Morgan fingerprint density at radius 3 is 2.78 bits per heavy atom. The third-order valence-corrected chi connectivity index (χ3v) is 5.49. The van der Waals surface area contributed by atoms with E-state index >= 15 is 0 Å². The number of Topliss-reactive ketones (excluding diaryl/α,β-unsaturated/α-hetero) is 1. The molecule has 1 aromatic rings. The van der Waals surface area contributed by atoms with Crippen LogP contribution in [0.5, 0.6) is 0 Å². The largest absolute Gasteiger partial charge is 0.401 e. The van der Waals surface area contributed by atoms with Crippen molar-refractivity contribution in [2.75, 3.05) is 43.6 Å². The van der Waals surface area contributed by atoms with E-state index in [1.54, 1.807) is 6.92 Å². The number of thioether (sulfide) groups is 1. The van der Waals surface area contributed by atoms with Crippen LogP contribution in [0, 0.1) is 11.3 Å². The highest BCUT2D eigenvalue weighted by Gasteiger charge is 2.25. The van der Waals surface area contributed by atoms with E-state index in [-0.39, 0.29) is 28.9 Å². The summed E-state index contributed by atoms with van der Waals surface area (Å²) in [5.74, 6) is 0.557. The number of allylic oxidation sites excluding steroid dienone is 2. The minimum absolute atomic E-state index is 0.00101. The number of hydrogen-bond donors (Lipinski definition) is 1. The lowest BCUT2D eigenvalue weighted by Crippen LogP contribution is -2.38. The molecule has 0 saturated carbocycles. The van der Waals surface area contributed by atoms with Crippen LogP contribution >= 0.6 is 11.8 Å². The molecule has 2 aliphatic rings. The van der Waals surface area contributed by atoms with Gasteiger partial charge < -0.3 is 20.1 Å². The van der Waals surface area contributed by atoms with E-state index in [0.29, 0.717) is 24.9 Å². The maximum atomic E-state index is 12.3. The van der Waals surface area contributed by atoms with Crippen LogP contribution in [0.15, 0.2) is 16.4 Å². The molecule has 1 unspecified atom stereocenters. The van der Waals surface area contributed by atoms with Crippen LogP contribution < -0.4 is 10.6 Å². The second-order valence-corrected chi connectivity index (χ2v) is 7.45. The van der Waals surface area contributed by atoms with Crippen LogP contribution in [0.1, 0.15) is 19.8 Å². The van der Waals surface area contributed by atoms with E-state index in [4.69, 9.17) is 20.5 Å². The van der Waals surface area contributed by atoms with Crippen LogP contribution in [0.2, 0.25) is 0 Å². The Kier molecular flexibility index (Phi) is 6.71. The second-order valence-electron chi connectivity index (χ2n) is 6.51. The van der Waals surface area contributed by atoms with Crippen LogP contribution in [0.3, 0.4) is 0 Å². The Hall–Kier alpha value is -2.09. The normalized spacial score (nSPS) is 21.0. The molecular formula is C17H24N6O3S. The Balaban J connectivity index is 1.77. The summed E-state index contributed by atoms with van der Waals surface area (Å²) in [4.78, 5) is 14.4. The van der Waals surface area contributed by atoms with Gasteiger partial charge in [0, 0.05) is 25.4 Å². The van der Waals surface area contributed by atoms with Gasteiger partial charge in [0.25, 0.3) is 0 Å². The summed E-state index contributed by atoms with van der Waals surface area (Å²) in [5.41, 5.74) is 5.85. The topological polar surface area (TPSA) is 119 Å². The Labute approximate surface area is 162 Å². The van der Waals surface area contributed by atoms with E-state index in [0.717, 1.165) is 38.5 Å². The molecule has 0 radical (unpaired) electrons. The van der Waals surface area contributed by atoms with E-state index < -0.39 is 0 Å². The fourth-order valence-electron chi connectivity index (χ4n) is 3.11. The average Bonchev–Trinajstić information content (AvgIpc) is 3.31.